The van der Waals surface area contributed by atoms with Crippen molar-refractivity contribution in [2.24, 2.45) is 5.92 Å². The van der Waals surface area contributed by atoms with Crippen LogP contribution in [-0.4, -0.2) is 22.9 Å². The van der Waals surface area contributed by atoms with E-state index >= 15 is 0 Å². The smallest absolute Gasteiger partial charge is 0.330 e. The molecule has 11 nitrogen and oxygen atoms in total. The largest absolute Gasteiger partial charge is 0.478 e. The average Bonchev–Trinajstić information content (AvgIpc) is 2.97. The van der Waals surface area contributed by atoms with Crippen molar-refractivity contribution in [3.8, 4) is 0 Å². The maximum absolute atomic E-state index is 10.8. The summed E-state index contributed by atoms with van der Waals surface area (Å²) in [5, 5.41) is 42.3. The number of hydrogen-bond acceptors (Lipinski definition) is 10. The Labute approximate surface area is 253 Å². The molecule has 0 aliphatic rings. The van der Waals surface area contributed by atoms with E-state index in [1.54, 1.807) is 0 Å². The van der Waals surface area contributed by atoms with E-state index in [1.807, 2.05) is 0 Å². The lowest BCUT2D eigenvalue weighted by Gasteiger charge is -2.10. The molecule has 0 heterocycles. The molecule has 0 fully saturated rings. The van der Waals surface area contributed by atoms with Gasteiger partial charge in [0.2, 0.25) is 0 Å². The summed E-state index contributed by atoms with van der Waals surface area (Å²) in [6.07, 6.45) is 31.8. The van der Waals surface area contributed by atoms with Gasteiger partial charge in [0.15, 0.2) is 0 Å². The summed E-state index contributed by atoms with van der Waals surface area (Å²) in [4.78, 5) is 15.5. The van der Waals surface area contributed by atoms with Crippen molar-refractivity contribution < 1.29 is 55.3 Å². The number of carboxylic acid groups (broad SMARTS) is 1. The van der Waals surface area contributed by atoms with E-state index in [4.69, 9.17) is 10.4 Å². The van der Waals surface area contributed by atoms with Crippen molar-refractivity contribution >= 4 is 5.97 Å². The van der Waals surface area contributed by atoms with Gasteiger partial charge in [0, 0.05) is 5.57 Å². The molecular weight excluding hydrogens is 548 g/mol. The molecule has 0 aromatic carbocycles. The topological polar surface area (TPSA) is 131 Å². The molecule has 0 aromatic heterocycles. The lowest BCUT2D eigenvalue weighted by molar-refractivity contribution is -0.830. The van der Waals surface area contributed by atoms with Crippen LogP contribution in [-0.2, 0) is 45.0 Å². The lowest BCUT2D eigenvalue weighted by Crippen LogP contribution is -2.04. The monoisotopic (exact) mass is 608 g/mol. The minimum atomic E-state index is -0.857. The van der Waals surface area contributed by atoms with Gasteiger partial charge in [0.05, 0.1) is 6.61 Å². The van der Waals surface area contributed by atoms with Crippen LogP contribution in [0.15, 0.2) is 12.2 Å². The normalized spacial score (nSPS) is 12.1. The maximum atomic E-state index is 10.8. The predicted octanol–water partition coefficient (Wildman–Crippen LogP) is 10.0. The van der Waals surface area contributed by atoms with Gasteiger partial charge >= 0.3 is 5.97 Å². The zero-order valence-corrected chi connectivity index (χ0v) is 26.2. The summed E-state index contributed by atoms with van der Waals surface area (Å²) in [6, 6.07) is 0. The number of unbranched alkanes of at least 4 members (excludes halogenated alkanes) is 22. The molecule has 0 aliphatic heterocycles. The Morgan fingerprint density at radius 3 is 1.26 bits per heavy atom. The fourth-order valence-corrected chi connectivity index (χ4v) is 5.09. The van der Waals surface area contributed by atoms with Crippen LogP contribution >= 0.6 is 0 Å². The number of hydrogen-bond donors (Lipinski definition) is 2. The summed E-state index contributed by atoms with van der Waals surface area (Å²) < 4.78 is 0. The Morgan fingerprint density at radius 1 is 0.548 bits per heavy atom. The van der Waals surface area contributed by atoms with Gasteiger partial charge in [-0.15, -0.1) is 0 Å². The molecule has 42 heavy (non-hydrogen) atoms. The fraction of sp³-hybridized carbons (Fsp3) is 0.903. The van der Waals surface area contributed by atoms with Crippen LogP contribution in [0.2, 0.25) is 0 Å². The highest BCUT2D eigenvalue weighted by atomic mass is 17.9. The van der Waals surface area contributed by atoms with Gasteiger partial charge in [-0.2, -0.15) is 0 Å². The summed E-state index contributed by atoms with van der Waals surface area (Å²) in [7, 11) is 0. The highest BCUT2D eigenvalue weighted by molar-refractivity contribution is 5.85. The standard InChI is InChI=1S/C31H60O11/c1-29(28-30(2)31(32)33)26-24-22-20-18-16-14-12-10-8-6-4-3-5-7-9-11-13-15-17-19-21-23-25-27-35-37-39-41-42-40-38-36-34/h29,34H,2-28H2,1H3,(H,32,33). The van der Waals surface area contributed by atoms with E-state index in [0.29, 0.717) is 24.5 Å². The van der Waals surface area contributed by atoms with E-state index in [1.165, 1.54) is 135 Å². The Kier molecular flexibility index (Phi) is 33.4. The van der Waals surface area contributed by atoms with Crippen LogP contribution in [0.4, 0.5) is 0 Å². The molecule has 0 bridgehead atoms. The Bertz CT molecular complexity index is 577. The van der Waals surface area contributed by atoms with Crippen LogP contribution < -0.4 is 0 Å². The molecule has 1 unspecified atom stereocenters. The first-order valence-electron chi connectivity index (χ1n) is 16.4. The minimum absolute atomic E-state index is 0.341. The zero-order chi connectivity index (χ0) is 30.8. The van der Waals surface area contributed by atoms with Crippen molar-refractivity contribution in [3.63, 3.8) is 0 Å². The first-order chi connectivity index (χ1) is 20.6. The van der Waals surface area contributed by atoms with Gasteiger partial charge in [-0.3, -0.25) is 0 Å². The van der Waals surface area contributed by atoms with Crippen LogP contribution in [0.1, 0.15) is 167 Å². The maximum Gasteiger partial charge on any atom is 0.330 e. The third-order valence-electron chi connectivity index (χ3n) is 7.54. The summed E-state index contributed by atoms with van der Waals surface area (Å²) in [5.74, 6) is -0.431. The number of aliphatic carboxylic acids is 1. The molecule has 0 saturated carbocycles. The van der Waals surface area contributed by atoms with Crippen LogP contribution in [0.5, 0.6) is 0 Å². The van der Waals surface area contributed by atoms with Crippen molar-refractivity contribution in [3.05, 3.63) is 12.2 Å². The predicted molar refractivity (Wildman–Crippen MR) is 158 cm³/mol. The molecule has 0 saturated heterocycles. The minimum Gasteiger partial charge on any atom is -0.478 e. The molecule has 1 atom stereocenters. The van der Waals surface area contributed by atoms with E-state index in [2.05, 4.69) is 53.7 Å². The molecule has 0 amide bonds. The molecular formula is C31H60O11. The molecule has 250 valence electrons. The van der Waals surface area contributed by atoms with Gasteiger partial charge in [0.1, 0.15) is 0 Å². The van der Waals surface area contributed by atoms with Gasteiger partial charge < -0.3 is 5.11 Å². The molecule has 2 N–H and O–H groups in total. The van der Waals surface area contributed by atoms with Crippen LogP contribution in [0.25, 0.3) is 0 Å². The number of carboxylic acids is 1. The zero-order valence-electron chi connectivity index (χ0n) is 26.2. The third-order valence-corrected chi connectivity index (χ3v) is 7.54. The van der Waals surface area contributed by atoms with Crippen LogP contribution in [0.3, 0.4) is 0 Å². The Morgan fingerprint density at radius 2 is 0.881 bits per heavy atom. The molecule has 0 spiro atoms. The quantitative estimate of drug-likeness (QED) is 0.0305. The second kappa shape index (κ2) is 34.3. The Hall–Kier alpha value is -1.15. The van der Waals surface area contributed by atoms with Gasteiger partial charge in [-0.1, -0.05) is 161 Å². The van der Waals surface area contributed by atoms with Crippen molar-refractivity contribution in [1.29, 1.82) is 0 Å². The fourth-order valence-electron chi connectivity index (χ4n) is 5.09. The van der Waals surface area contributed by atoms with E-state index in [9.17, 15) is 4.79 Å². The highest BCUT2D eigenvalue weighted by Crippen LogP contribution is 2.19. The number of rotatable bonds is 36. The second-order valence-corrected chi connectivity index (χ2v) is 11.4. The van der Waals surface area contributed by atoms with Crippen molar-refractivity contribution in [2.45, 2.75) is 167 Å². The third kappa shape index (κ3) is 33.4. The lowest BCUT2D eigenvalue weighted by atomic mass is 9.95. The first kappa shape index (κ1) is 40.9. The second-order valence-electron chi connectivity index (χ2n) is 11.4. The number of carbonyl (C=O) groups is 1. The first-order valence-corrected chi connectivity index (χ1v) is 16.4. The van der Waals surface area contributed by atoms with Crippen molar-refractivity contribution in [1.82, 2.24) is 0 Å². The van der Waals surface area contributed by atoms with Crippen LogP contribution in [0, 0.1) is 5.92 Å². The van der Waals surface area contributed by atoms with Crippen molar-refractivity contribution in [2.75, 3.05) is 6.61 Å². The van der Waals surface area contributed by atoms with E-state index in [-0.39, 0.29) is 0 Å². The van der Waals surface area contributed by atoms with E-state index in [0.717, 1.165) is 19.3 Å². The van der Waals surface area contributed by atoms with Gasteiger partial charge in [-0.25, -0.2) is 14.9 Å². The summed E-state index contributed by atoms with van der Waals surface area (Å²) in [6.45, 7) is 6.12. The molecule has 0 radical (unpaired) electrons. The summed E-state index contributed by atoms with van der Waals surface area (Å²) in [5.41, 5.74) is 0.341. The van der Waals surface area contributed by atoms with Gasteiger partial charge in [0.25, 0.3) is 0 Å². The average molecular weight is 609 g/mol. The summed E-state index contributed by atoms with van der Waals surface area (Å²) >= 11 is 0. The molecule has 0 aliphatic carbocycles. The molecule has 0 rings (SSSR count). The SMILES string of the molecule is C=C(CC(C)CCCCCCCCCCCCCCCCCCCCCCCCCOOOOOOOOO)C(=O)O. The highest BCUT2D eigenvalue weighted by Gasteiger charge is 2.09. The Balaban J connectivity index is 3.11. The molecule has 11 heteroatoms. The van der Waals surface area contributed by atoms with Gasteiger partial charge in [-0.05, 0) is 54.0 Å². The van der Waals surface area contributed by atoms with E-state index < -0.39 is 5.97 Å². The molecule has 0 aromatic rings.